The second-order valence-corrected chi connectivity index (χ2v) is 5.59. The molecule has 0 spiro atoms. The summed E-state index contributed by atoms with van der Waals surface area (Å²) in [5, 5.41) is 0. The van der Waals surface area contributed by atoms with Gasteiger partial charge >= 0.3 is 11.9 Å². The first-order valence-corrected chi connectivity index (χ1v) is 8.15. The third kappa shape index (κ3) is 4.77. The van der Waals surface area contributed by atoms with E-state index in [0.29, 0.717) is 11.1 Å². The Labute approximate surface area is 151 Å². The highest BCUT2D eigenvalue weighted by Gasteiger charge is 2.10. The number of carbonyl (C=O) groups is 2. The third-order valence-electron chi connectivity index (χ3n) is 3.69. The summed E-state index contributed by atoms with van der Waals surface area (Å²) in [5.41, 5.74) is 1.88. The average molecular weight is 348 g/mol. The third-order valence-corrected chi connectivity index (χ3v) is 3.69. The predicted molar refractivity (Wildman–Crippen MR) is 94.1 cm³/mol. The zero-order chi connectivity index (χ0) is 18.2. The Morgan fingerprint density at radius 3 is 1.73 bits per heavy atom. The molecule has 3 rings (SSSR count). The van der Waals surface area contributed by atoms with Crippen LogP contribution in [-0.4, -0.2) is 11.9 Å². The summed E-state index contributed by atoms with van der Waals surface area (Å²) < 4.78 is 12.3. The second-order valence-electron chi connectivity index (χ2n) is 5.59. The molecule has 0 amide bonds. The van der Waals surface area contributed by atoms with E-state index in [0.717, 1.165) is 5.56 Å². The molecule has 0 bridgehead atoms. The smallest absolute Gasteiger partial charge is 0.342 e. The lowest BCUT2D eigenvalue weighted by molar-refractivity contribution is -0.727. The fourth-order valence-electron chi connectivity index (χ4n) is 2.27. The van der Waals surface area contributed by atoms with Crippen LogP contribution in [0.4, 0.5) is 0 Å². The molecule has 1 aromatic heterocycles. The maximum absolute atomic E-state index is 11.9. The number of benzene rings is 2. The van der Waals surface area contributed by atoms with Gasteiger partial charge in [0, 0.05) is 17.7 Å². The lowest BCUT2D eigenvalue weighted by Crippen LogP contribution is -2.35. The molecule has 130 valence electrons. The molecule has 3 aromatic rings. The van der Waals surface area contributed by atoms with Crippen LogP contribution in [0.25, 0.3) is 0 Å². The highest BCUT2D eigenvalue weighted by molar-refractivity contribution is 5.89. The Balaban J connectivity index is 1.49. The Hall–Kier alpha value is -3.47. The number of hydrogen-bond donors (Lipinski definition) is 0. The minimum Gasteiger partial charge on any atom is -0.457 e. The molecule has 5 nitrogen and oxygen atoms in total. The molecule has 0 saturated carbocycles. The molecule has 0 aliphatic heterocycles. The van der Waals surface area contributed by atoms with Crippen LogP contribution in [0.5, 0.6) is 0 Å². The number of nitrogens with zero attached hydrogens (tertiary/aromatic N) is 1. The quantitative estimate of drug-likeness (QED) is 0.507. The molecule has 0 atom stereocenters. The molecule has 0 N–H and O–H groups in total. The summed E-state index contributed by atoms with van der Waals surface area (Å²) in [6.07, 6.45) is 3.54. The highest BCUT2D eigenvalue weighted by Crippen LogP contribution is 2.05. The predicted octanol–water partition coefficient (Wildman–Crippen LogP) is 3.15. The van der Waals surface area contributed by atoms with Crippen LogP contribution >= 0.6 is 0 Å². The Kier molecular flexibility index (Phi) is 5.72. The van der Waals surface area contributed by atoms with Gasteiger partial charge in [-0.1, -0.05) is 36.4 Å². The van der Waals surface area contributed by atoms with E-state index >= 15 is 0 Å². The molecule has 0 aliphatic carbocycles. The maximum Gasteiger partial charge on any atom is 0.342 e. The zero-order valence-electron chi connectivity index (χ0n) is 14.1. The van der Waals surface area contributed by atoms with Gasteiger partial charge < -0.3 is 9.47 Å². The van der Waals surface area contributed by atoms with E-state index in [1.54, 1.807) is 65.5 Å². The molecule has 1 heterocycles. The summed E-state index contributed by atoms with van der Waals surface area (Å²) in [6.45, 7) is 0.288. The van der Waals surface area contributed by atoms with Crippen molar-refractivity contribution in [3.63, 3.8) is 0 Å². The number of ether oxygens (including phenoxy) is 2. The summed E-state index contributed by atoms with van der Waals surface area (Å²) in [5.74, 6) is -0.738. The van der Waals surface area contributed by atoms with Crippen molar-refractivity contribution in [2.45, 2.75) is 13.3 Å². The van der Waals surface area contributed by atoms with E-state index in [1.165, 1.54) is 0 Å². The Bertz CT molecular complexity index is 787. The van der Waals surface area contributed by atoms with E-state index in [2.05, 4.69) is 0 Å². The van der Waals surface area contributed by atoms with Gasteiger partial charge in [0.25, 0.3) is 6.73 Å². The summed E-state index contributed by atoms with van der Waals surface area (Å²) in [4.78, 5) is 23.8. The fraction of sp³-hybridized carbons (Fsp3) is 0.0952. The van der Waals surface area contributed by atoms with Crippen LogP contribution in [0, 0.1) is 0 Å². The number of hydrogen-bond acceptors (Lipinski definition) is 4. The van der Waals surface area contributed by atoms with Gasteiger partial charge in [-0.3, -0.25) is 0 Å². The van der Waals surface area contributed by atoms with Gasteiger partial charge in [-0.05, 0) is 24.3 Å². The number of esters is 2. The maximum atomic E-state index is 11.9. The molecular weight excluding hydrogens is 330 g/mol. The van der Waals surface area contributed by atoms with Gasteiger partial charge in [0.05, 0.1) is 11.1 Å². The zero-order valence-corrected chi connectivity index (χ0v) is 14.1. The van der Waals surface area contributed by atoms with Crippen molar-refractivity contribution in [1.82, 2.24) is 0 Å². The fourth-order valence-corrected chi connectivity index (χ4v) is 2.27. The number of pyridine rings is 1. The summed E-state index contributed by atoms with van der Waals surface area (Å²) >= 11 is 0. The van der Waals surface area contributed by atoms with E-state index in [4.69, 9.17) is 9.47 Å². The van der Waals surface area contributed by atoms with Crippen molar-refractivity contribution >= 4 is 11.9 Å². The van der Waals surface area contributed by atoms with Crippen molar-refractivity contribution in [2.75, 3.05) is 0 Å². The Morgan fingerprint density at radius 2 is 1.19 bits per heavy atom. The number of rotatable bonds is 6. The van der Waals surface area contributed by atoms with Crippen LogP contribution in [0.1, 0.15) is 26.3 Å². The molecule has 0 fully saturated rings. The minimum absolute atomic E-state index is 0.109. The summed E-state index contributed by atoms with van der Waals surface area (Å²) in [7, 11) is 0. The molecule has 0 aliphatic rings. The second kappa shape index (κ2) is 8.58. The van der Waals surface area contributed by atoms with Crippen LogP contribution in [0.3, 0.4) is 0 Å². The first kappa shape index (κ1) is 17.4. The van der Waals surface area contributed by atoms with Crippen molar-refractivity contribution in [2.24, 2.45) is 0 Å². The van der Waals surface area contributed by atoms with Crippen molar-refractivity contribution in [3.8, 4) is 0 Å². The average Bonchev–Trinajstić information content (AvgIpc) is 2.72. The number of aromatic nitrogens is 1. The van der Waals surface area contributed by atoms with E-state index in [1.807, 2.05) is 24.3 Å². The minimum atomic E-state index is -0.376. The van der Waals surface area contributed by atoms with Crippen LogP contribution in [0.15, 0.2) is 85.2 Å². The first-order valence-electron chi connectivity index (χ1n) is 8.15. The van der Waals surface area contributed by atoms with Crippen LogP contribution in [0.2, 0.25) is 0 Å². The van der Waals surface area contributed by atoms with Gasteiger partial charge in [-0.25, -0.2) is 9.59 Å². The highest BCUT2D eigenvalue weighted by atomic mass is 16.5. The van der Waals surface area contributed by atoms with Gasteiger partial charge in [0.2, 0.25) is 0 Å². The molecular formula is C21H18NO4+. The molecule has 5 heteroatoms. The normalized spacial score (nSPS) is 10.2. The van der Waals surface area contributed by atoms with Gasteiger partial charge in [-0.15, -0.1) is 0 Å². The largest absolute Gasteiger partial charge is 0.457 e. The Morgan fingerprint density at radius 1 is 0.692 bits per heavy atom. The number of carbonyl (C=O) groups excluding carboxylic acids is 2. The van der Waals surface area contributed by atoms with Crippen molar-refractivity contribution in [3.05, 3.63) is 102 Å². The van der Waals surface area contributed by atoms with Crippen LogP contribution in [-0.2, 0) is 22.8 Å². The lowest BCUT2D eigenvalue weighted by atomic mass is 10.2. The van der Waals surface area contributed by atoms with Gasteiger partial charge in [-0.2, -0.15) is 4.57 Å². The molecule has 26 heavy (non-hydrogen) atoms. The van der Waals surface area contributed by atoms with E-state index < -0.39 is 0 Å². The standard InChI is InChI=1S/C21H18NO4/c23-20(18-7-3-1-4-8-18)25-15-17-11-13-22(14-12-17)16-26-21(24)19-9-5-2-6-10-19/h1-14H,15-16H2/q+1. The summed E-state index contributed by atoms with van der Waals surface area (Å²) in [6, 6.07) is 21.3. The van der Waals surface area contributed by atoms with Crippen molar-refractivity contribution < 1.29 is 23.6 Å². The first-order chi connectivity index (χ1) is 12.7. The van der Waals surface area contributed by atoms with E-state index in [9.17, 15) is 9.59 Å². The molecule has 0 radical (unpaired) electrons. The monoisotopic (exact) mass is 348 g/mol. The molecule has 0 unspecified atom stereocenters. The van der Waals surface area contributed by atoms with Crippen molar-refractivity contribution in [1.29, 1.82) is 0 Å². The molecule has 2 aromatic carbocycles. The van der Waals surface area contributed by atoms with Crippen LogP contribution < -0.4 is 4.57 Å². The topological polar surface area (TPSA) is 56.5 Å². The van der Waals surface area contributed by atoms with Gasteiger partial charge in [0.15, 0.2) is 12.4 Å². The SMILES string of the molecule is O=C(OCc1cc[n+](COC(=O)c2ccccc2)cc1)c1ccccc1. The lowest BCUT2D eigenvalue weighted by Gasteiger charge is -2.05. The van der Waals surface area contributed by atoms with E-state index in [-0.39, 0.29) is 25.3 Å². The van der Waals surface area contributed by atoms with Gasteiger partial charge in [0.1, 0.15) is 6.61 Å². The molecule has 0 saturated heterocycles.